The van der Waals surface area contributed by atoms with Crippen molar-refractivity contribution in [2.24, 2.45) is 0 Å². The Labute approximate surface area is 123 Å². The van der Waals surface area contributed by atoms with E-state index in [-0.39, 0.29) is 0 Å². The SMILES string of the molecule is CCCc1ccc2nc(-c3ccccc3)nc(Cl)c2c1. The monoisotopic (exact) mass is 282 g/mol. The zero-order valence-electron chi connectivity index (χ0n) is 11.3. The third-order valence-electron chi connectivity index (χ3n) is 3.28. The molecule has 3 heteroatoms. The number of aromatic nitrogens is 2. The highest BCUT2D eigenvalue weighted by Gasteiger charge is 2.08. The molecule has 0 spiro atoms. The summed E-state index contributed by atoms with van der Waals surface area (Å²) < 4.78 is 0. The average molecular weight is 283 g/mol. The zero-order chi connectivity index (χ0) is 13.9. The topological polar surface area (TPSA) is 25.8 Å². The second kappa shape index (κ2) is 5.59. The van der Waals surface area contributed by atoms with Gasteiger partial charge in [0, 0.05) is 10.9 Å². The summed E-state index contributed by atoms with van der Waals surface area (Å²) in [5, 5.41) is 1.45. The molecule has 0 saturated heterocycles. The van der Waals surface area contributed by atoms with Gasteiger partial charge in [0.2, 0.25) is 0 Å². The number of hydrogen-bond donors (Lipinski definition) is 0. The quantitative estimate of drug-likeness (QED) is 0.638. The Hall–Kier alpha value is -1.93. The highest BCUT2D eigenvalue weighted by molar-refractivity contribution is 6.34. The molecule has 0 N–H and O–H groups in total. The minimum atomic E-state index is 0.520. The molecular weight excluding hydrogens is 268 g/mol. The molecule has 0 amide bonds. The van der Waals surface area contributed by atoms with Gasteiger partial charge in [-0.2, -0.15) is 0 Å². The maximum Gasteiger partial charge on any atom is 0.161 e. The van der Waals surface area contributed by atoms with Crippen molar-refractivity contribution in [3.63, 3.8) is 0 Å². The van der Waals surface area contributed by atoms with Crippen LogP contribution in [-0.2, 0) is 6.42 Å². The van der Waals surface area contributed by atoms with Crippen LogP contribution < -0.4 is 0 Å². The molecule has 0 radical (unpaired) electrons. The molecule has 20 heavy (non-hydrogen) atoms. The van der Waals surface area contributed by atoms with E-state index in [9.17, 15) is 0 Å². The highest BCUT2D eigenvalue weighted by atomic mass is 35.5. The first kappa shape index (κ1) is 13.1. The van der Waals surface area contributed by atoms with E-state index < -0.39 is 0 Å². The van der Waals surface area contributed by atoms with Crippen LogP contribution in [0.25, 0.3) is 22.3 Å². The average Bonchev–Trinajstić information content (AvgIpc) is 2.49. The lowest BCUT2D eigenvalue weighted by Crippen LogP contribution is -1.93. The molecular formula is C17H15ClN2. The Bertz CT molecular complexity index is 739. The second-order valence-corrected chi connectivity index (χ2v) is 5.16. The Morgan fingerprint density at radius 2 is 1.80 bits per heavy atom. The van der Waals surface area contributed by atoms with E-state index in [2.05, 4.69) is 29.0 Å². The Kier molecular flexibility index (Phi) is 3.66. The largest absolute Gasteiger partial charge is 0.228 e. The van der Waals surface area contributed by atoms with Crippen LogP contribution in [0, 0.1) is 0 Å². The predicted octanol–water partition coefficient (Wildman–Crippen LogP) is 4.90. The summed E-state index contributed by atoms with van der Waals surface area (Å²) in [4.78, 5) is 9.04. The Morgan fingerprint density at radius 1 is 1.00 bits per heavy atom. The van der Waals surface area contributed by atoms with E-state index in [1.165, 1.54) is 5.56 Å². The number of aryl methyl sites for hydroxylation is 1. The number of rotatable bonds is 3. The normalized spacial score (nSPS) is 10.9. The van der Waals surface area contributed by atoms with Gasteiger partial charge in [-0.3, -0.25) is 0 Å². The molecule has 0 aliphatic heterocycles. The van der Waals surface area contributed by atoms with Crippen molar-refractivity contribution in [3.8, 4) is 11.4 Å². The molecule has 0 saturated carbocycles. The second-order valence-electron chi connectivity index (χ2n) is 4.81. The lowest BCUT2D eigenvalue weighted by molar-refractivity contribution is 0.923. The minimum Gasteiger partial charge on any atom is -0.228 e. The first-order valence-corrected chi connectivity index (χ1v) is 7.17. The van der Waals surface area contributed by atoms with Crippen molar-refractivity contribution >= 4 is 22.5 Å². The predicted molar refractivity (Wildman–Crippen MR) is 84.0 cm³/mol. The third-order valence-corrected chi connectivity index (χ3v) is 3.57. The van der Waals surface area contributed by atoms with Crippen LogP contribution in [-0.4, -0.2) is 9.97 Å². The van der Waals surface area contributed by atoms with Gasteiger partial charge in [-0.1, -0.05) is 61.3 Å². The first-order chi connectivity index (χ1) is 9.78. The van der Waals surface area contributed by atoms with Crippen LogP contribution >= 0.6 is 11.6 Å². The molecule has 3 aromatic rings. The number of halogens is 1. The third kappa shape index (κ3) is 2.52. The van der Waals surface area contributed by atoms with Gasteiger partial charge >= 0.3 is 0 Å². The van der Waals surface area contributed by atoms with E-state index >= 15 is 0 Å². The van der Waals surface area contributed by atoms with Gasteiger partial charge in [0.05, 0.1) is 5.52 Å². The van der Waals surface area contributed by atoms with Gasteiger partial charge in [0.1, 0.15) is 5.15 Å². The van der Waals surface area contributed by atoms with Crippen molar-refractivity contribution < 1.29 is 0 Å². The summed E-state index contributed by atoms with van der Waals surface area (Å²) in [6, 6.07) is 16.1. The fraction of sp³-hybridized carbons (Fsp3) is 0.176. The van der Waals surface area contributed by atoms with E-state index in [1.54, 1.807) is 0 Å². The number of hydrogen-bond acceptors (Lipinski definition) is 2. The van der Waals surface area contributed by atoms with Gasteiger partial charge in [-0.15, -0.1) is 0 Å². The van der Waals surface area contributed by atoms with E-state index in [1.807, 2.05) is 36.4 Å². The van der Waals surface area contributed by atoms with Crippen LogP contribution in [0.15, 0.2) is 48.5 Å². The van der Waals surface area contributed by atoms with Crippen LogP contribution in [0.4, 0.5) is 0 Å². The van der Waals surface area contributed by atoms with Gasteiger partial charge in [0.25, 0.3) is 0 Å². The molecule has 0 unspecified atom stereocenters. The van der Waals surface area contributed by atoms with Crippen LogP contribution in [0.2, 0.25) is 5.15 Å². The zero-order valence-corrected chi connectivity index (χ0v) is 12.1. The maximum absolute atomic E-state index is 6.33. The lowest BCUT2D eigenvalue weighted by Gasteiger charge is -2.06. The lowest BCUT2D eigenvalue weighted by atomic mass is 10.1. The van der Waals surface area contributed by atoms with Gasteiger partial charge in [0.15, 0.2) is 5.82 Å². The molecule has 1 heterocycles. The van der Waals surface area contributed by atoms with Crippen molar-refractivity contribution in [1.82, 2.24) is 9.97 Å². The minimum absolute atomic E-state index is 0.520. The van der Waals surface area contributed by atoms with Crippen molar-refractivity contribution in [2.75, 3.05) is 0 Å². The van der Waals surface area contributed by atoms with Crippen LogP contribution in [0.5, 0.6) is 0 Å². The number of nitrogens with zero attached hydrogens (tertiary/aromatic N) is 2. The summed E-state index contributed by atoms with van der Waals surface area (Å²) in [6.07, 6.45) is 2.17. The summed E-state index contributed by atoms with van der Waals surface area (Å²) in [7, 11) is 0. The van der Waals surface area contributed by atoms with Crippen molar-refractivity contribution in [3.05, 3.63) is 59.2 Å². The van der Waals surface area contributed by atoms with Crippen molar-refractivity contribution in [1.29, 1.82) is 0 Å². The molecule has 2 nitrogen and oxygen atoms in total. The molecule has 0 atom stereocenters. The Balaban J connectivity index is 2.13. The van der Waals surface area contributed by atoms with Crippen LogP contribution in [0.3, 0.4) is 0 Å². The molecule has 1 aromatic heterocycles. The van der Waals surface area contributed by atoms with Crippen molar-refractivity contribution in [2.45, 2.75) is 19.8 Å². The first-order valence-electron chi connectivity index (χ1n) is 6.79. The maximum atomic E-state index is 6.33. The summed E-state index contributed by atoms with van der Waals surface area (Å²) in [5.74, 6) is 0.673. The fourth-order valence-corrected chi connectivity index (χ4v) is 2.53. The molecule has 100 valence electrons. The van der Waals surface area contributed by atoms with Gasteiger partial charge in [-0.25, -0.2) is 9.97 Å². The molecule has 0 fully saturated rings. The van der Waals surface area contributed by atoms with Gasteiger partial charge in [-0.05, 0) is 24.1 Å². The van der Waals surface area contributed by atoms with E-state index in [4.69, 9.17) is 11.6 Å². The highest BCUT2D eigenvalue weighted by Crippen LogP contribution is 2.25. The summed E-state index contributed by atoms with van der Waals surface area (Å²) in [5.41, 5.74) is 3.15. The molecule has 2 aromatic carbocycles. The molecule has 0 bridgehead atoms. The molecule has 0 aliphatic rings. The summed E-state index contributed by atoms with van der Waals surface area (Å²) >= 11 is 6.33. The van der Waals surface area contributed by atoms with E-state index in [0.717, 1.165) is 29.3 Å². The van der Waals surface area contributed by atoms with Crippen LogP contribution in [0.1, 0.15) is 18.9 Å². The Morgan fingerprint density at radius 3 is 2.55 bits per heavy atom. The smallest absolute Gasteiger partial charge is 0.161 e. The van der Waals surface area contributed by atoms with Gasteiger partial charge < -0.3 is 0 Å². The standard InChI is InChI=1S/C17H15ClN2/c1-2-6-12-9-10-15-14(11-12)16(18)20-17(19-15)13-7-4-3-5-8-13/h3-5,7-11H,2,6H2,1H3. The van der Waals surface area contributed by atoms with E-state index in [0.29, 0.717) is 11.0 Å². The summed E-state index contributed by atoms with van der Waals surface area (Å²) in [6.45, 7) is 2.17. The number of benzene rings is 2. The fourth-order valence-electron chi connectivity index (χ4n) is 2.30. The molecule has 0 aliphatic carbocycles. The number of fused-ring (bicyclic) bond motifs is 1. The molecule has 3 rings (SSSR count).